The summed E-state index contributed by atoms with van der Waals surface area (Å²) in [6.45, 7) is 3.85. The van der Waals surface area contributed by atoms with Crippen molar-refractivity contribution in [3.63, 3.8) is 0 Å². The average molecular weight is 286 g/mol. The number of ether oxygens (including phenoxy) is 1. The number of carbonyl (C=O) groups is 2. The lowest BCUT2D eigenvalue weighted by atomic mass is 10.0. The number of amides is 1. The topological polar surface area (TPSA) is 79.2 Å². The molecule has 5 heteroatoms. The Hall–Kier alpha value is -2.61. The normalized spacial score (nSPS) is 12.0. The van der Waals surface area contributed by atoms with Gasteiger partial charge in [0.15, 0.2) is 11.7 Å². The fourth-order valence-electron chi connectivity index (χ4n) is 1.63. The molecule has 1 N–H and O–H groups in total. The molecule has 1 rings (SSSR count). The van der Waals surface area contributed by atoms with E-state index in [0.717, 1.165) is 5.56 Å². The quantitative estimate of drug-likeness (QED) is 0.640. The molecule has 0 saturated heterocycles. The molecule has 0 aliphatic rings. The number of hydrogen-bond donors (Lipinski definition) is 1. The number of hydrogen-bond acceptors (Lipinski definition) is 4. The van der Waals surface area contributed by atoms with Crippen LogP contribution < -0.4 is 10.1 Å². The summed E-state index contributed by atoms with van der Waals surface area (Å²) in [5.74, 6) is -1.78. The molecule has 21 heavy (non-hydrogen) atoms. The minimum absolute atomic E-state index is 0.0575. The number of nitrogens with zero attached hydrogens (tertiary/aromatic N) is 1. The smallest absolute Gasteiger partial charge is 0.245 e. The molecule has 0 aliphatic heterocycles. The zero-order valence-corrected chi connectivity index (χ0v) is 12.3. The fourth-order valence-corrected chi connectivity index (χ4v) is 1.63. The van der Waals surface area contributed by atoms with Crippen LogP contribution in [0.3, 0.4) is 0 Å². The highest BCUT2D eigenvalue weighted by Gasteiger charge is 2.22. The summed E-state index contributed by atoms with van der Waals surface area (Å²) in [7, 11) is 1.39. The number of carbonyl (C=O) groups excluding carboxylic acids is 2. The Balaban J connectivity index is 2.83. The number of allylic oxidation sites excluding steroid dienone is 1. The first-order valence-electron chi connectivity index (χ1n) is 6.57. The van der Waals surface area contributed by atoms with Crippen molar-refractivity contribution in [3.05, 3.63) is 35.9 Å². The van der Waals surface area contributed by atoms with Gasteiger partial charge in [-0.25, -0.2) is 0 Å². The molecule has 1 amide bonds. The van der Waals surface area contributed by atoms with Crippen molar-refractivity contribution in [1.29, 1.82) is 5.26 Å². The summed E-state index contributed by atoms with van der Waals surface area (Å²) in [4.78, 5) is 23.2. The van der Waals surface area contributed by atoms with E-state index in [1.54, 1.807) is 24.3 Å². The SMILES string of the molecule is CNC(=O)C(C#N)C(=O)/C=C/c1cccc(OC(C)C)c1. The van der Waals surface area contributed by atoms with E-state index in [2.05, 4.69) is 5.32 Å². The van der Waals surface area contributed by atoms with E-state index in [9.17, 15) is 9.59 Å². The second-order valence-electron chi connectivity index (χ2n) is 4.65. The number of benzene rings is 1. The lowest BCUT2D eigenvalue weighted by Crippen LogP contribution is -2.31. The Labute approximate surface area is 124 Å². The van der Waals surface area contributed by atoms with Gasteiger partial charge in [-0.1, -0.05) is 18.2 Å². The third kappa shape index (κ3) is 5.11. The number of rotatable bonds is 6. The Morgan fingerprint density at radius 1 is 1.38 bits per heavy atom. The Morgan fingerprint density at radius 3 is 2.67 bits per heavy atom. The third-order valence-electron chi connectivity index (χ3n) is 2.59. The summed E-state index contributed by atoms with van der Waals surface area (Å²) in [6, 6.07) is 8.90. The van der Waals surface area contributed by atoms with E-state index in [0.29, 0.717) is 5.75 Å². The van der Waals surface area contributed by atoms with Gasteiger partial charge in [-0.05, 0) is 37.6 Å². The van der Waals surface area contributed by atoms with Gasteiger partial charge in [-0.2, -0.15) is 5.26 Å². The molecule has 1 aromatic rings. The van der Waals surface area contributed by atoms with Crippen molar-refractivity contribution >= 4 is 17.8 Å². The second-order valence-corrected chi connectivity index (χ2v) is 4.65. The summed E-state index contributed by atoms with van der Waals surface area (Å²) in [5.41, 5.74) is 0.759. The van der Waals surface area contributed by atoms with Gasteiger partial charge in [0, 0.05) is 7.05 Å². The van der Waals surface area contributed by atoms with E-state index < -0.39 is 17.6 Å². The van der Waals surface area contributed by atoms with Crippen LogP contribution in [0.15, 0.2) is 30.3 Å². The second kappa shape index (κ2) is 7.85. The molecule has 0 heterocycles. The zero-order chi connectivity index (χ0) is 15.8. The highest BCUT2D eigenvalue weighted by Crippen LogP contribution is 2.16. The summed E-state index contributed by atoms with van der Waals surface area (Å²) in [5, 5.41) is 11.1. The van der Waals surface area contributed by atoms with E-state index in [4.69, 9.17) is 10.00 Å². The summed E-state index contributed by atoms with van der Waals surface area (Å²) < 4.78 is 5.55. The van der Waals surface area contributed by atoms with Crippen LogP contribution in [0.4, 0.5) is 0 Å². The van der Waals surface area contributed by atoms with Crippen molar-refractivity contribution in [2.75, 3.05) is 7.05 Å². The van der Waals surface area contributed by atoms with Crippen LogP contribution in [0.5, 0.6) is 5.75 Å². The van der Waals surface area contributed by atoms with Crippen LogP contribution in [0.25, 0.3) is 6.08 Å². The molecule has 1 aromatic carbocycles. The largest absolute Gasteiger partial charge is 0.491 e. The van der Waals surface area contributed by atoms with Crippen LogP contribution >= 0.6 is 0 Å². The van der Waals surface area contributed by atoms with Crippen LogP contribution in [-0.2, 0) is 9.59 Å². The minimum Gasteiger partial charge on any atom is -0.491 e. The molecule has 0 aliphatic carbocycles. The number of nitriles is 1. The van der Waals surface area contributed by atoms with Crippen molar-refractivity contribution < 1.29 is 14.3 Å². The highest BCUT2D eigenvalue weighted by molar-refractivity contribution is 6.10. The van der Waals surface area contributed by atoms with Crippen LogP contribution in [0, 0.1) is 17.2 Å². The van der Waals surface area contributed by atoms with E-state index >= 15 is 0 Å². The fraction of sp³-hybridized carbons (Fsp3) is 0.312. The van der Waals surface area contributed by atoms with Gasteiger partial charge in [0.05, 0.1) is 12.2 Å². The molecule has 0 radical (unpaired) electrons. The summed E-state index contributed by atoms with van der Waals surface area (Å²) >= 11 is 0. The molecular formula is C16H18N2O3. The van der Waals surface area contributed by atoms with Gasteiger partial charge in [-0.3, -0.25) is 9.59 Å². The van der Waals surface area contributed by atoms with Crippen LogP contribution in [0.1, 0.15) is 19.4 Å². The minimum atomic E-state index is -1.32. The standard InChI is InChI=1S/C16H18N2O3/c1-11(2)21-13-6-4-5-12(9-13)7-8-15(19)14(10-17)16(20)18-3/h4-9,11,14H,1-3H3,(H,18,20)/b8-7+. The predicted molar refractivity (Wildman–Crippen MR) is 79.4 cm³/mol. The van der Waals surface area contributed by atoms with Gasteiger partial charge in [0.25, 0.3) is 0 Å². The van der Waals surface area contributed by atoms with Gasteiger partial charge >= 0.3 is 0 Å². The van der Waals surface area contributed by atoms with Gasteiger partial charge < -0.3 is 10.1 Å². The molecule has 0 fully saturated rings. The van der Waals surface area contributed by atoms with Crippen molar-refractivity contribution in [3.8, 4) is 11.8 Å². The maximum absolute atomic E-state index is 11.8. The Bertz CT molecular complexity index is 585. The van der Waals surface area contributed by atoms with Gasteiger partial charge in [0.2, 0.25) is 5.91 Å². The molecular weight excluding hydrogens is 268 g/mol. The Kier molecular flexibility index (Phi) is 6.15. The first-order chi connectivity index (χ1) is 9.97. The molecule has 0 aromatic heterocycles. The number of ketones is 1. The molecule has 5 nitrogen and oxygen atoms in total. The monoisotopic (exact) mass is 286 g/mol. The Morgan fingerprint density at radius 2 is 2.10 bits per heavy atom. The molecule has 1 atom stereocenters. The van der Waals surface area contributed by atoms with Crippen LogP contribution in [-0.4, -0.2) is 24.8 Å². The third-order valence-corrected chi connectivity index (χ3v) is 2.59. The maximum atomic E-state index is 11.8. The van der Waals surface area contributed by atoms with Gasteiger partial charge in [-0.15, -0.1) is 0 Å². The lowest BCUT2D eigenvalue weighted by Gasteiger charge is -2.09. The average Bonchev–Trinajstić information content (AvgIpc) is 2.45. The molecule has 0 spiro atoms. The molecule has 110 valence electrons. The highest BCUT2D eigenvalue weighted by atomic mass is 16.5. The van der Waals surface area contributed by atoms with E-state index in [-0.39, 0.29) is 6.10 Å². The summed E-state index contributed by atoms with van der Waals surface area (Å²) in [6.07, 6.45) is 2.85. The molecule has 0 bridgehead atoms. The molecule has 0 saturated carbocycles. The number of nitrogens with one attached hydrogen (secondary N) is 1. The lowest BCUT2D eigenvalue weighted by molar-refractivity contribution is -0.129. The zero-order valence-electron chi connectivity index (χ0n) is 12.3. The van der Waals surface area contributed by atoms with Crippen molar-refractivity contribution in [2.24, 2.45) is 5.92 Å². The van der Waals surface area contributed by atoms with Crippen molar-refractivity contribution in [1.82, 2.24) is 5.32 Å². The van der Waals surface area contributed by atoms with E-state index in [1.165, 1.54) is 13.1 Å². The van der Waals surface area contributed by atoms with Crippen molar-refractivity contribution in [2.45, 2.75) is 20.0 Å². The van der Waals surface area contributed by atoms with Crippen LogP contribution in [0.2, 0.25) is 0 Å². The van der Waals surface area contributed by atoms with Gasteiger partial charge in [0.1, 0.15) is 5.75 Å². The van der Waals surface area contributed by atoms with E-state index in [1.807, 2.05) is 26.0 Å². The maximum Gasteiger partial charge on any atom is 0.245 e. The predicted octanol–water partition coefficient (Wildman–Crippen LogP) is 1.94. The molecule has 1 unspecified atom stereocenters. The first kappa shape index (κ1) is 16.4. The first-order valence-corrected chi connectivity index (χ1v) is 6.57.